The molecule has 0 amide bonds. The normalized spacial score (nSPS) is 11.9. The van der Waals surface area contributed by atoms with Crippen molar-refractivity contribution in [2.75, 3.05) is 0 Å². The van der Waals surface area contributed by atoms with Crippen molar-refractivity contribution in [2.45, 2.75) is 20.3 Å². The summed E-state index contributed by atoms with van der Waals surface area (Å²) in [4.78, 5) is 0. The molecule has 0 saturated carbocycles. The maximum Gasteiger partial charge on any atom is -0.000706 e. The SMILES string of the molecule is Cc1ccc(-c2ccc3c(c2-c2ccc(C)cc2)Cc2ccccc2-3)cc1. The van der Waals surface area contributed by atoms with Gasteiger partial charge in [-0.25, -0.2) is 0 Å². The maximum absolute atomic E-state index is 2.31. The van der Waals surface area contributed by atoms with E-state index in [1.165, 1.54) is 55.6 Å². The molecule has 0 aromatic heterocycles. The van der Waals surface area contributed by atoms with E-state index in [-0.39, 0.29) is 0 Å². The maximum atomic E-state index is 2.31. The molecule has 0 heteroatoms. The lowest BCUT2D eigenvalue weighted by Crippen LogP contribution is -1.93. The fraction of sp³-hybridized carbons (Fsp3) is 0.111. The smallest absolute Gasteiger partial charge is 0.000706 e. The van der Waals surface area contributed by atoms with Crippen molar-refractivity contribution in [2.24, 2.45) is 0 Å². The Hall–Kier alpha value is -3.12. The second-order valence-electron chi connectivity index (χ2n) is 7.58. The van der Waals surface area contributed by atoms with Gasteiger partial charge in [-0.1, -0.05) is 96.1 Å². The van der Waals surface area contributed by atoms with Crippen LogP contribution in [0, 0.1) is 13.8 Å². The molecule has 1 aliphatic rings. The van der Waals surface area contributed by atoms with Gasteiger partial charge in [-0.15, -0.1) is 0 Å². The fourth-order valence-corrected chi connectivity index (χ4v) is 4.24. The van der Waals surface area contributed by atoms with Crippen LogP contribution in [0.3, 0.4) is 0 Å². The third-order valence-corrected chi connectivity index (χ3v) is 5.69. The molecule has 0 aliphatic heterocycles. The molecule has 0 N–H and O–H groups in total. The molecule has 0 radical (unpaired) electrons. The van der Waals surface area contributed by atoms with Gasteiger partial charge >= 0.3 is 0 Å². The third kappa shape index (κ3) is 2.69. The van der Waals surface area contributed by atoms with E-state index in [0.29, 0.717) is 0 Å². The van der Waals surface area contributed by atoms with Crippen LogP contribution in [0.5, 0.6) is 0 Å². The minimum absolute atomic E-state index is 1.01. The lowest BCUT2D eigenvalue weighted by Gasteiger charge is -2.16. The first kappa shape index (κ1) is 16.1. The van der Waals surface area contributed by atoms with Gasteiger partial charge in [0, 0.05) is 0 Å². The molecule has 5 rings (SSSR count). The average Bonchev–Trinajstić information content (AvgIpc) is 3.07. The summed E-state index contributed by atoms with van der Waals surface area (Å²) in [5.74, 6) is 0. The van der Waals surface area contributed by atoms with Crippen LogP contribution in [-0.2, 0) is 6.42 Å². The molecule has 1 aliphatic carbocycles. The highest BCUT2D eigenvalue weighted by Crippen LogP contribution is 2.45. The van der Waals surface area contributed by atoms with E-state index in [9.17, 15) is 0 Å². The van der Waals surface area contributed by atoms with Crippen LogP contribution in [0.25, 0.3) is 33.4 Å². The first-order chi connectivity index (χ1) is 13.2. The Bertz CT molecular complexity index is 1130. The number of aryl methyl sites for hydroxylation is 2. The predicted octanol–water partition coefficient (Wildman–Crippen LogP) is 7.21. The van der Waals surface area contributed by atoms with Crippen LogP contribution in [0.4, 0.5) is 0 Å². The quantitative estimate of drug-likeness (QED) is 0.317. The number of hydrogen-bond donors (Lipinski definition) is 0. The van der Waals surface area contributed by atoms with Crippen LogP contribution >= 0.6 is 0 Å². The van der Waals surface area contributed by atoms with Crippen molar-refractivity contribution in [3.63, 3.8) is 0 Å². The van der Waals surface area contributed by atoms with Gasteiger partial charge in [0.25, 0.3) is 0 Å². The van der Waals surface area contributed by atoms with E-state index in [0.717, 1.165) is 6.42 Å². The summed E-state index contributed by atoms with van der Waals surface area (Å²) in [6, 6.07) is 31.3. The number of rotatable bonds is 2. The Balaban J connectivity index is 1.79. The van der Waals surface area contributed by atoms with Crippen molar-refractivity contribution in [3.8, 4) is 33.4 Å². The summed E-state index contributed by atoms with van der Waals surface area (Å²) in [7, 11) is 0. The number of fused-ring (bicyclic) bond motifs is 3. The molecule has 0 spiro atoms. The summed E-state index contributed by atoms with van der Waals surface area (Å²) in [5, 5.41) is 0. The Kier molecular flexibility index (Phi) is 3.72. The van der Waals surface area contributed by atoms with Crippen LogP contribution in [0.2, 0.25) is 0 Å². The molecule has 0 fully saturated rings. The lowest BCUT2D eigenvalue weighted by atomic mass is 9.87. The minimum Gasteiger partial charge on any atom is -0.0619 e. The van der Waals surface area contributed by atoms with Crippen LogP contribution in [-0.4, -0.2) is 0 Å². The van der Waals surface area contributed by atoms with Crippen molar-refractivity contribution >= 4 is 0 Å². The molecular formula is C27H22. The second-order valence-corrected chi connectivity index (χ2v) is 7.58. The summed E-state index contributed by atoms with van der Waals surface area (Å²) < 4.78 is 0. The van der Waals surface area contributed by atoms with Crippen LogP contribution in [0.15, 0.2) is 84.9 Å². The lowest BCUT2D eigenvalue weighted by molar-refractivity contribution is 1.26. The van der Waals surface area contributed by atoms with Crippen molar-refractivity contribution in [1.29, 1.82) is 0 Å². The van der Waals surface area contributed by atoms with E-state index >= 15 is 0 Å². The molecule has 0 nitrogen and oxygen atoms in total. The van der Waals surface area contributed by atoms with E-state index in [1.54, 1.807) is 0 Å². The van der Waals surface area contributed by atoms with Crippen molar-refractivity contribution in [1.82, 2.24) is 0 Å². The first-order valence-electron chi connectivity index (χ1n) is 9.59. The second kappa shape index (κ2) is 6.25. The highest BCUT2D eigenvalue weighted by Gasteiger charge is 2.23. The summed E-state index contributed by atoms with van der Waals surface area (Å²) in [5.41, 5.74) is 13.6. The van der Waals surface area contributed by atoms with Gasteiger partial charge in [-0.3, -0.25) is 0 Å². The minimum atomic E-state index is 1.01. The monoisotopic (exact) mass is 346 g/mol. The molecule has 0 heterocycles. The molecule has 0 unspecified atom stereocenters. The Morgan fingerprint density at radius 3 is 1.81 bits per heavy atom. The summed E-state index contributed by atoms with van der Waals surface area (Å²) in [6.07, 6.45) is 1.01. The molecule has 0 saturated heterocycles. The van der Waals surface area contributed by atoms with Gasteiger partial charge in [-0.2, -0.15) is 0 Å². The first-order valence-corrected chi connectivity index (χ1v) is 9.59. The molecular weight excluding hydrogens is 324 g/mol. The molecule has 130 valence electrons. The Labute approximate surface area is 161 Å². The van der Waals surface area contributed by atoms with Crippen molar-refractivity contribution in [3.05, 3.63) is 107 Å². The number of hydrogen-bond acceptors (Lipinski definition) is 0. The largest absolute Gasteiger partial charge is 0.0619 e. The predicted molar refractivity (Wildman–Crippen MR) is 115 cm³/mol. The van der Waals surface area contributed by atoms with Crippen LogP contribution in [0.1, 0.15) is 22.3 Å². The zero-order valence-corrected chi connectivity index (χ0v) is 15.8. The van der Waals surface area contributed by atoms with Gasteiger partial charge in [-0.05, 0) is 64.8 Å². The summed E-state index contributed by atoms with van der Waals surface area (Å²) >= 11 is 0. The van der Waals surface area contributed by atoms with E-state index in [1.807, 2.05) is 0 Å². The van der Waals surface area contributed by atoms with E-state index in [4.69, 9.17) is 0 Å². The average molecular weight is 346 g/mol. The van der Waals surface area contributed by atoms with Crippen LogP contribution < -0.4 is 0 Å². The Morgan fingerprint density at radius 1 is 0.519 bits per heavy atom. The third-order valence-electron chi connectivity index (χ3n) is 5.69. The zero-order valence-electron chi connectivity index (χ0n) is 15.8. The van der Waals surface area contributed by atoms with Gasteiger partial charge in [0.15, 0.2) is 0 Å². The highest BCUT2D eigenvalue weighted by molar-refractivity contribution is 5.93. The molecule has 0 bridgehead atoms. The van der Waals surface area contributed by atoms with Gasteiger partial charge in [0.1, 0.15) is 0 Å². The topological polar surface area (TPSA) is 0 Å². The zero-order chi connectivity index (χ0) is 18.4. The van der Waals surface area contributed by atoms with E-state index < -0.39 is 0 Å². The van der Waals surface area contributed by atoms with E-state index in [2.05, 4.69) is 98.8 Å². The standard InChI is InChI=1S/C27H22/c1-18-7-11-20(12-8-18)24-15-16-25-23-6-4-3-5-22(23)17-26(25)27(24)21-13-9-19(2)10-14-21/h3-16H,17H2,1-2H3. The fourth-order valence-electron chi connectivity index (χ4n) is 4.24. The van der Waals surface area contributed by atoms with Gasteiger partial charge in [0.2, 0.25) is 0 Å². The molecule has 4 aromatic carbocycles. The summed E-state index contributed by atoms with van der Waals surface area (Å²) in [6.45, 7) is 4.29. The highest BCUT2D eigenvalue weighted by atomic mass is 14.3. The number of benzene rings is 4. The molecule has 4 aromatic rings. The van der Waals surface area contributed by atoms with Crippen molar-refractivity contribution < 1.29 is 0 Å². The van der Waals surface area contributed by atoms with Gasteiger partial charge in [0.05, 0.1) is 0 Å². The molecule has 27 heavy (non-hydrogen) atoms. The van der Waals surface area contributed by atoms with Gasteiger partial charge < -0.3 is 0 Å². The molecule has 0 atom stereocenters. The Morgan fingerprint density at radius 2 is 1.11 bits per heavy atom.